The molecule has 0 aromatic heterocycles. The molecule has 19 heavy (non-hydrogen) atoms. The summed E-state index contributed by atoms with van der Waals surface area (Å²) in [6, 6.07) is 5.52. The van der Waals surface area contributed by atoms with Gasteiger partial charge in [0.25, 0.3) is 0 Å². The maximum atomic E-state index is 13.5. The van der Waals surface area contributed by atoms with Crippen LogP contribution in [0.5, 0.6) is 0 Å². The highest BCUT2D eigenvalue weighted by Gasteiger charge is 2.21. The van der Waals surface area contributed by atoms with Gasteiger partial charge in [-0.1, -0.05) is 18.3 Å². The van der Waals surface area contributed by atoms with E-state index in [1.807, 2.05) is 6.07 Å². The van der Waals surface area contributed by atoms with Gasteiger partial charge in [0, 0.05) is 37.8 Å². The molecular weight excluding hydrogens is 261 g/mol. The van der Waals surface area contributed by atoms with E-state index in [1.165, 1.54) is 6.07 Å². The molecule has 1 unspecified atom stereocenters. The number of nitrogens with two attached hydrogens (primary N) is 1. The Morgan fingerprint density at radius 1 is 1.47 bits per heavy atom. The van der Waals surface area contributed by atoms with E-state index in [-0.39, 0.29) is 10.8 Å². The van der Waals surface area contributed by atoms with E-state index in [1.54, 1.807) is 6.07 Å². The van der Waals surface area contributed by atoms with E-state index in [0.29, 0.717) is 11.6 Å². The van der Waals surface area contributed by atoms with Crippen LogP contribution in [0.4, 0.5) is 4.39 Å². The van der Waals surface area contributed by atoms with E-state index < -0.39 is 0 Å². The molecule has 2 rings (SSSR count). The minimum absolute atomic E-state index is 0.116. The summed E-state index contributed by atoms with van der Waals surface area (Å²) in [6.45, 7) is 6.17. The van der Waals surface area contributed by atoms with Crippen LogP contribution in [0.2, 0.25) is 0 Å². The molecule has 0 spiro atoms. The SMILES string of the molecule is CC1CN(C)CCN1Cc1ccc(F)c(C(N)=S)c1. The van der Waals surface area contributed by atoms with Crippen LogP contribution in [0.15, 0.2) is 18.2 Å². The Bertz CT molecular complexity index is 478. The topological polar surface area (TPSA) is 32.5 Å². The van der Waals surface area contributed by atoms with Crippen molar-refractivity contribution in [2.75, 3.05) is 26.7 Å². The van der Waals surface area contributed by atoms with E-state index in [9.17, 15) is 4.39 Å². The lowest BCUT2D eigenvalue weighted by atomic mass is 10.1. The number of piperazine rings is 1. The van der Waals surface area contributed by atoms with Crippen LogP contribution in [-0.2, 0) is 6.54 Å². The summed E-state index contributed by atoms with van der Waals surface area (Å²) < 4.78 is 13.5. The average molecular weight is 281 g/mol. The Morgan fingerprint density at radius 3 is 2.84 bits per heavy atom. The Labute approximate surface area is 119 Å². The first-order valence-corrected chi connectivity index (χ1v) is 6.89. The molecule has 0 radical (unpaired) electrons. The lowest BCUT2D eigenvalue weighted by molar-refractivity contribution is 0.0938. The molecule has 5 heteroatoms. The third-order valence-electron chi connectivity index (χ3n) is 3.65. The molecule has 3 nitrogen and oxygen atoms in total. The van der Waals surface area contributed by atoms with Gasteiger partial charge in [0.2, 0.25) is 0 Å². The average Bonchev–Trinajstić information content (AvgIpc) is 2.34. The van der Waals surface area contributed by atoms with Gasteiger partial charge in [-0.15, -0.1) is 0 Å². The molecule has 1 atom stereocenters. The number of benzene rings is 1. The normalized spacial score (nSPS) is 21.5. The predicted molar refractivity (Wildman–Crippen MR) is 79.7 cm³/mol. The summed E-state index contributed by atoms with van der Waals surface area (Å²) in [5, 5.41) is 0. The number of halogens is 1. The zero-order valence-corrected chi connectivity index (χ0v) is 12.2. The fraction of sp³-hybridized carbons (Fsp3) is 0.500. The van der Waals surface area contributed by atoms with E-state index in [0.717, 1.165) is 31.7 Å². The van der Waals surface area contributed by atoms with E-state index >= 15 is 0 Å². The fourth-order valence-corrected chi connectivity index (χ4v) is 2.66. The second-order valence-electron chi connectivity index (χ2n) is 5.26. The van der Waals surface area contributed by atoms with Gasteiger partial charge in [-0.05, 0) is 31.7 Å². The number of hydrogen-bond donors (Lipinski definition) is 1. The molecule has 1 heterocycles. The summed E-state index contributed by atoms with van der Waals surface area (Å²) in [5.74, 6) is -0.345. The van der Waals surface area contributed by atoms with E-state index in [4.69, 9.17) is 18.0 Å². The van der Waals surface area contributed by atoms with Gasteiger partial charge in [-0.25, -0.2) is 4.39 Å². The number of hydrogen-bond acceptors (Lipinski definition) is 3. The van der Waals surface area contributed by atoms with Crippen LogP contribution in [0, 0.1) is 5.82 Å². The largest absolute Gasteiger partial charge is 0.389 e. The van der Waals surface area contributed by atoms with Crippen molar-refractivity contribution in [2.45, 2.75) is 19.5 Å². The minimum atomic E-state index is -0.345. The maximum absolute atomic E-state index is 13.5. The standard InChI is InChI=1S/C14H20FN3S/c1-10-8-17(2)5-6-18(10)9-11-3-4-13(15)12(7-11)14(16)19/h3-4,7,10H,5-6,8-9H2,1-2H3,(H2,16,19). The summed E-state index contributed by atoms with van der Waals surface area (Å²) in [7, 11) is 2.14. The lowest BCUT2D eigenvalue weighted by Gasteiger charge is -2.38. The molecule has 104 valence electrons. The van der Waals surface area contributed by atoms with Gasteiger partial charge in [-0.2, -0.15) is 0 Å². The fourth-order valence-electron chi connectivity index (χ4n) is 2.51. The highest BCUT2D eigenvalue weighted by Crippen LogP contribution is 2.16. The predicted octanol–water partition coefficient (Wildman–Crippen LogP) is 1.60. The molecule has 1 fully saturated rings. The quantitative estimate of drug-likeness (QED) is 0.853. The van der Waals surface area contributed by atoms with Crippen molar-refractivity contribution in [1.82, 2.24) is 9.80 Å². The van der Waals surface area contributed by atoms with Crippen LogP contribution >= 0.6 is 12.2 Å². The molecule has 1 saturated heterocycles. The summed E-state index contributed by atoms with van der Waals surface area (Å²) in [4.78, 5) is 4.84. The van der Waals surface area contributed by atoms with E-state index in [2.05, 4.69) is 23.8 Å². The van der Waals surface area contributed by atoms with Crippen LogP contribution in [0.1, 0.15) is 18.1 Å². The Morgan fingerprint density at radius 2 is 2.21 bits per heavy atom. The molecule has 0 saturated carbocycles. The van der Waals surface area contributed by atoms with Gasteiger partial charge in [-0.3, -0.25) is 4.90 Å². The van der Waals surface area contributed by atoms with Crippen molar-refractivity contribution in [3.63, 3.8) is 0 Å². The first-order valence-electron chi connectivity index (χ1n) is 6.48. The van der Waals surface area contributed by atoms with Crippen LogP contribution < -0.4 is 5.73 Å². The minimum Gasteiger partial charge on any atom is -0.389 e. The van der Waals surface area contributed by atoms with Crippen molar-refractivity contribution in [1.29, 1.82) is 0 Å². The number of likely N-dealkylation sites (N-methyl/N-ethyl adjacent to an activating group) is 1. The third-order valence-corrected chi connectivity index (χ3v) is 3.87. The summed E-state index contributed by atoms with van der Waals surface area (Å²) in [5.41, 5.74) is 6.93. The van der Waals surface area contributed by atoms with Crippen molar-refractivity contribution in [2.24, 2.45) is 5.73 Å². The van der Waals surface area contributed by atoms with Gasteiger partial charge in [0.1, 0.15) is 10.8 Å². The molecule has 0 aliphatic carbocycles. The Balaban J connectivity index is 2.11. The first kappa shape index (κ1) is 14.4. The molecule has 1 aromatic rings. The smallest absolute Gasteiger partial charge is 0.133 e. The molecule has 0 amide bonds. The lowest BCUT2D eigenvalue weighted by Crippen LogP contribution is -2.49. The second-order valence-corrected chi connectivity index (χ2v) is 5.70. The van der Waals surface area contributed by atoms with Crippen molar-refractivity contribution in [3.05, 3.63) is 35.1 Å². The monoisotopic (exact) mass is 281 g/mol. The highest BCUT2D eigenvalue weighted by atomic mass is 32.1. The van der Waals surface area contributed by atoms with Crippen LogP contribution in [0.3, 0.4) is 0 Å². The van der Waals surface area contributed by atoms with Gasteiger partial charge in [0.15, 0.2) is 0 Å². The van der Waals surface area contributed by atoms with Crippen LogP contribution in [-0.4, -0.2) is 47.5 Å². The van der Waals surface area contributed by atoms with Crippen molar-refractivity contribution >= 4 is 17.2 Å². The Hall–Kier alpha value is -1.04. The summed E-state index contributed by atoms with van der Waals surface area (Å²) in [6.07, 6.45) is 0. The molecule has 2 N–H and O–H groups in total. The van der Waals surface area contributed by atoms with Crippen molar-refractivity contribution in [3.8, 4) is 0 Å². The number of nitrogens with zero attached hydrogens (tertiary/aromatic N) is 2. The number of rotatable bonds is 3. The van der Waals surface area contributed by atoms with Gasteiger partial charge < -0.3 is 10.6 Å². The van der Waals surface area contributed by atoms with Crippen LogP contribution in [0.25, 0.3) is 0 Å². The van der Waals surface area contributed by atoms with Gasteiger partial charge in [0.05, 0.1) is 0 Å². The second kappa shape index (κ2) is 5.94. The van der Waals surface area contributed by atoms with Gasteiger partial charge >= 0.3 is 0 Å². The van der Waals surface area contributed by atoms with Crippen molar-refractivity contribution < 1.29 is 4.39 Å². The molecular formula is C14H20FN3S. The zero-order valence-electron chi connectivity index (χ0n) is 11.4. The molecule has 1 aliphatic heterocycles. The Kier molecular flexibility index (Phi) is 4.50. The highest BCUT2D eigenvalue weighted by molar-refractivity contribution is 7.80. The molecule has 1 aromatic carbocycles. The molecule has 1 aliphatic rings. The summed E-state index contributed by atoms with van der Waals surface area (Å²) >= 11 is 4.87. The number of thiocarbonyl (C=S) groups is 1. The third kappa shape index (κ3) is 3.49. The first-order chi connectivity index (χ1) is 8.97. The zero-order chi connectivity index (χ0) is 14.0. The maximum Gasteiger partial charge on any atom is 0.133 e. The molecule has 0 bridgehead atoms.